The first-order chi connectivity index (χ1) is 17.2. The number of hydrogen-bond acceptors (Lipinski definition) is 5. The highest BCUT2D eigenvalue weighted by molar-refractivity contribution is 6.42. The molecular formula is C25H35Cl2N5O4. The maximum Gasteiger partial charge on any atom is 0.338 e. The second kappa shape index (κ2) is 12.7. The summed E-state index contributed by atoms with van der Waals surface area (Å²) in [6, 6.07) is 3.89. The highest BCUT2D eigenvalue weighted by atomic mass is 35.5. The van der Waals surface area contributed by atoms with Gasteiger partial charge in [-0.15, -0.1) is 0 Å². The van der Waals surface area contributed by atoms with Gasteiger partial charge in [-0.05, 0) is 38.8 Å². The van der Waals surface area contributed by atoms with E-state index in [9.17, 15) is 14.4 Å². The summed E-state index contributed by atoms with van der Waals surface area (Å²) in [6.07, 6.45) is 0.873. The van der Waals surface area contributed by atoms with Crippen LogP contribution in [-0.4, -0.2) is 84.6 Å². The number of likely N-dealkylation sites (N-methyl/N-ethyl adjacent to an activating group) is 1. The summed E-state index contributed by atoms with van der Waals surface area (Å²) >= 11 is 12.8. The van der Waals surface area contributed by atoms with Crippen LogP contribution in [0.3, 0.4) is 0 Å². The fourth-order valence-electron chi connectivity index (χ4n) is 4.66. The molecule has 9 nitrogen and oxygen atoms in total. The molecule has 0 saturated carbocycles. The van der Waals surface area contributed by atoms with Crippen molar-refractivity contribution in [1.29, 1.82) is 0 Å². The molecule has 3 rings (SSSR count). The average Bonchev–Trinajstić information content (AvgIpc) is 2.84. The fraction of sp³-hybridized carbons (Fsp3) is 0.560. The Labute approximate surface area is 222 Å². The van der Waals surface area contributed by atoms with Gasteiger partial charge in [-0.3, -0.25) is 9.80 Å². The van der Waals surface area contributed by atoms with Gasteiger partial charge in [-0.2, -0.15) is 0 Å². The van der Waals surface area contributed by atoms with Gasteiger partial charge < -0.3 is 20.3 Å². The number of esters is 1. The molecule has 36 heavy (non-hydrogen) atoms. The van der Waals surface area contributed by atoms with Crippen molar-refractivity contribution in [2.45, 2.75) is 46.2 Å². The SMILES string of the molecule is CCCNC(=O)N1CCN(CC2=C(C(=O)OCC)C(c3cccc(Cl)c3Cl)NC(=O)N2CC)CC1C. The third-order valence-electron chi connectivity index (χ3n) is 6.41. The van der Waals surface area contributed by atoms with E-state index in [1.54, 1.807) is 30.0 Å². The molecule has 2 unspecified atom stereocenters. The van der Waals surface area contributed by atoms with Gasteiger partial charge in [0.05, 0.1) is 28.3 Å². The van der Waals surface area contributed by atoms with E-state index >= 15 is 0 Å². The van der Waals surface area contributed by atoms with Crippen molar-refractivity contribution >= 4 is 41.2 Å². The van der Waals surface area contributed by atoms with Gasteiger partial charge in [0.1, 0.15) is 0 Å². The van der Waals surface area contributed by atoms with Gasteiger partial charge in [0.15, 0.2) is 0 Å². The number of nitrogens with one attached hydrogen (secondary N) is 2. The molecular weight excluding hydrogens is 505 g/mol. The number of carbonyl (C=O) groups is 3. The number of amides is 4. The molecule has 2 aliphatic rings. The lowest BCUT2D eigenvalue weighted by molar-refractivity contribution is -0.139. The Morgan fingerprint density at radius 2 is 1.94 bits per heavy atom. The molecule has 0 radical (unpaired) electrons. The lowest BCUT2D eigenvalue weighted by Crippen LogP contribution is -2.58. The van der Waals surface area contributed by atoms with Gasteiger partial charge in [0.25, 0.3) is 0 Å². The lowest BCUT2D eigenvalue weighted by atomic mass is 9.94. The fourth-order valence-corrected chi connectivity index (χ4v) is 5.07. The van der Waals surface area contributed by atoms with E-state index in [0.29, 0.717) is 61.1 Å². The number of rotatable bonds is 8. The quantitative estimate of drug-likeness (QED) is 0.486. The Hall–Kier alpha value is -2.49. The number of nitrogens with zero attached hydrogens (tertiary/aromatic N) is 3. The van der Waals surface area contributed by atoms with E-state index in [1.165, 1.54) is 0 Å². The zero-order chi connectivity index (χ0) is 26.4. The number of carbonyl (C=O) groups excluding carboxylic acids is 3. The van der Waals surface area contributed by atoms with Crippen molar-refractivity contribution in [3.05, 3.63) is 45.1 Å². The molecule has 0 bridgehead atoms. The minimum atomic E-state index is -0.806. The van der Waals surface area contributed by atoms with Crippen LogP contribution in [0.15, 0.2) is 29.5 Å². The summed E-state index contributed by atoms with van der Waals surface area (Å²) in [4.78, 5) is 44.5. The highest BCUT2D eigenvalue weighted by Gasteiger charge is 2.40. The number of ether oxygens (including phenoxy) is 1. The maximum absolute atomic E-state index is 13.3. The molecule has 2 heterocycles. The van der Waals surface area contributed by atoms with Crippen molar-refractivity contribution in [1.82, 2.24) is 25.3 Å². The van der Waals surface area contributed by atoms with E-state index in [4.69, 9.17) is 27.9 Å². The Balaban J connectivity index is 1.97. The Kier molecular flexibility index (Phi) is 9.87. The molecule has 11 heteroatoms. The maximum atomic E-state index is 13.3. The Morgan fingerprint density at radius 3 is 2.58 bits per heavy atom. The van der Waals surface area contributed by atoms with Crippen LogP contribution in [-0.2, 0) is 9.53 Å². The third kappa shape index (κ3) is 6.07. The molecule has 2 N–H and O–H groups in total. The highest BCUT2D eigenvalue weighted by Crippen LogP contribution is 2.38. The van der Waals surface area contributed by atoms with E-state index in [0.717, 1.165) is 6.42 Å². The summed E-state index contributed by atoms with van der Waals surface area (Å²) in [6.45, 7) is 10.9. The van der Waals surface area contributed by atoms with Crippen LogP contribution in [0, 0.1) is 0 Å². The smallest absolute Gasteiger partial charge is 0.338 e. The first-order valence-electron chi connectivity index (χ1n) is 12.4. The largest absolute Gasteiger partial charge is 0.463 e. The Bertz CT molecular complexity index is 1020. The molecule has 4 amide bonds. The summed E-state index contributed by atoms with van der Waals surface area (Å²) in [5.41, 5.74) is 1.43. The van der Waals surface area contributed by atoms with Gasteiger partial charge >= 0.3 is 18.0 Å². The van der Waals surface area contributed by atoms with Crippen LogP contribution in [0.4, 0.5) is 9.59 Å². The predicted octanol–water partition coefficient (Wildman–Crippen LogP) is 4.02. The third-order valence-corrected chi connectivity index (χ3v) is 7.25. The minimum absolute atomic E-state index is 0.0343. The van der Waals surface area contributed by atoms with E-state index < -0.39 is 12.0 Å². The number of benzene rings is 1. The van der Waals surface area contributed by atoms with Crippen LogP contribution in [0.2, 0.25) is 10.0 Å². The minimum Gasteiger partial charge on any atom is -0.463 e. The van der Waals surface area contributed by atoms with Crippen LogP contribution in [0.25, 0.3) is 0 Å². The molecule has 2 aliphatic heterocycles. The van der Waals surface area contributed by atoms with Crippen molar-refractivity contribution in [3.63, 3.8) is 0 Å². The molecule has 1 fully saturated rings. The number of halogens is 2. The van der Waals surface area contributed by atoms with Crippen molar-refractivity contribution in [3.8, 4) is 0 Å². The summed E-state index contributed by atoms with van der Waals surface area (Å²) in [5, 5.41) is 6.45. The van der Waals surface area contributed by atoms with Crippen LogP contribution < -0.4 is 10.6 Å². The molecule has 1 aromatic carbocycles. The first-order valence-corrected chi connectivity index (χ1v) is 13.2. The van der Waals surface area contributed by atoms with Crippen molar-refractivity contribution in [2.24, 2.45) is 0 Å². The van der Waals surface area contributed by atoms with Crippen molar-refractivity contribution in [2.75, 3.05) is 45.9 Å². The topological polar surface area (TPSA) is 94.2 Å². The summed E-state index contributed by atoms with van der Waals surface area (Å²) in [7, 11) is 0. The second-order valence-electron chi connectivity index (χ2n) is 8.86. The van der Waals surface area contributed by atoms with Crippen LogP contribution in [0.1, 0.15) is 45.7 Å². The molecule has 198 valence electrons. The van der Waals surface area contributed by atoms with E-state index in [-0.39, 0.29) is 29.7 Å². The molecule has 0 aromatic heterocycles. The zero-order valence-electron chi connectivity index (χ0n) is 21.3. The monoisotopic (exact) mass is 539 g/mol. The zero-order valence-corrected chi connectivity index (χ0v) is 22.8. The summed E-state index contributed by atoms with van der Waals surface area (Å²) < 4.78 is 5.43. The summed E-state index contributed by atoms with van der Waals surface area (Å²) in [5.74, 6) is -0.516. The van der Waals surface area contributed by atoms with Crippen LogP contribution in [0.5, 0.6) is 0 Å². The van der Waals surface area contributed by atoms with Gasteiger partial charge in [0, 0.05) is 51.0 Å². The predicted molar refractivity (Wildman–Crippen MR) is 140 cm³/mol. The normalized spacial score (nSPS) is 20.9. The molecule has 0 spiro atoms. The number of urea groups is 2. The molecule has 2 atom stereocenters. The lowest BCUT2D eigenvalue weighted by Gasteiger charge is -2.42. The first kappa shape index (κ1) is 28.1. The van der Waals surface area contributed by atoms with E-state index in [2.05, 4.69) is 15.5 Å². The second-order valence-corrected chi connectivity index (χ2v) is 9.65. The molecule has 1 saturated heterocycles. The number of piperazine rings is 1. The standard InChI is InChI=1S/C25H35Cl2N5O4/c1-5-11-28-24(34)32-13-12-30(14-16(32)4)15-19-20(23(33)36-7-3)22(29-25(35)31(19)6-2)17-9-8-10-18(26)21(17)27/h8-10,16,22H,5-7,11-15H2,1-4H3,(H,28,34)(H,29,35). The molecule has 0 aliphatic carbocycles. The van der Waals surface area contributed by atoms with Crippen LogP contribution >= 0.6 is 23.2 Å². The average molecular weight is 540 g/mol. The van der Waals surface area contributed by atoms with Gasteiger partial charge in [-0.25, -0.2) is 14.4 Å². The van der Waals surface area contributed by atoms with Gasteiger partial charge in [-0.1, -0.05) is 42.3 Å². The van der Waals surface area contributed by atoms with Crippen molar-refractivity contribution < 1.29 is 19.1 Å². The molecule has 1 aromatic rings. The van der Waals surface area contributed by atoms with Gasteiger partial charge in [0.2, 0.25) is 0 Å². The number of hydrogen-bond donors (Lipinski definition) is 2. The van der Waals surface area contributed by atoms with E-state index in [1.807, 2.05) is 25.7 Å². The Morgan fingerprint density at radius 1 is 1.19 bits per heavy atom.